The Kier molecular flexibility index (Phi) is 3.96. The molecular formula is C15H17BrN4O. The molecule has 0 bridgehead atoms. The fourth-order valence-electron chi connectivity index (χ4n) is 2.79. The van der Waals surface area contributed by atoms with Crippen LogP contribution < -0.4 is 5.73 Å². The van der Waals surface area contributed by atoms with Gasteiger partial charge in [-0.05, 0) is 47.0 Å². The number of amides is 1. The van der Waals surface area contributed by atoms with E-state index in [2.05, 4.69) is 26.1 Å². The van der Waals surface area contributed by atoms with E-state index in [1.165, 1.54) is 0 Å². The van der Waals surface area contributed by atoms with Crippen LogP contribution in [0.2, 0.25) is 0 Å². The van der Waals surface area contributed by atoms with E-state index < -0.39 is 0 Å². The number of nitrogens with two attached hydrogens (primary N) is 1. The Labute approximate surface area is 131 Å². The minimum Gasteiger partial charge on any atom is -0.398 e. The summed E-state index contributed by atoms with van der Waals surface area (Å²) >= 11 is 3.41. The van der Waals surface area contributed by atoms with Crippen molar-refractivity contribution in [3.05, 3.63) is 46.2 Å². The van der Waals surface area contributed by atoms with E-state index in [9.17, 15) is 4.79 Å². The van der Waals surface area contributed by atoms with Gasteiger partial charge in [0.05, 0.1) is 10.0 Å². The Morgan fingerprint density at radius 2 is 2.29 bits per heavy atom. The number of rotatable bonds is 2. The summed E-state index contributed by atoms with van der Waals surface area (Å²) in [4.78, 5) is 14.6. The number of nitrogen functional groups attached to an aromatic ring is 1. The molecule has 0 spiro atoms. The van der Waals surface area contributed by atoms with Crippen LogP contribution in [0.3, 0.4) is 0 Å². The van der Waals surface area contributed by atoms with Crippen LogP contribution >= 0.6 is 15.9 Å². The molecule has 6 heteroatoms. The van der Waals surface area contributed by atoms with Crippen LogP contribution in [-0.4, -0.2) is 34.1 Å². The highest BCUT2D eigenvalue weighted by atomic mass is 79.9. The third-order valence-electron chi connectivity index (χ3n) is 3.93. The van der Waals surface area contributed by atoms with Crippen LogP contribution in [0.4, 0.5) is 5.69 Å². The highest BCUT2D eigenvalue weighted by Gasteiger charge is 2.27. The zero-order valence-electron chi connectivity index (χ0n) is 11.6. The van der Waals surface area contributed by atoms with Gasteiger partial charge < -0.3 is 10.6 Å². The van der Waals surface area contributed by atoms with Crippen molar-refractivity contribution in [3.63, 3.8) is 0 Å². The second kappa shape index (κ2) is 5.89. The summed E-state index contributed by atoms with van der Waals surface area (Å²) in [5, 5.41) is 7.01. The van der Waals surface area contributed by atoms with Gasteiger partial charge in [-0.3, -0.25) is 9.89 Å². The molecule has 3 rings (SSSR count). The predicted molar refractivity (Wildman–Crippen MR) is 85.0 cm³/mol. The highest BCUT2D eigenvalue weighted by Crippen LogP contribution is 2.29. The van der Waals surface area contributed by atoms with Crippen LogP contribution in [-0.2, 0) is 0 Å². The molecule has 1 fully saturated rings. The van der Waals surface area contributed by atoms with Crippen LogP contribution in [0.5, 0.6) is 0 Å². The number of piperidine rings is 1. The maximum atomic E-state index is 12.7. The molecule has 1 aromatic heterocycles. The molecule has 2 aromatic rings. The molecule has 0 radical (unpaired) electrons. The molecule has 0 aliphatic carbocycles. The SMILES string of the molecule is Nc1cccc(C(=O)N2CCCC(c3ccn[nH]3)C2)c1Br. The number of aromatic amines is 1. The Balaban J connectivity index is 1.80. The number of halogens is 1. The average molecular weight is 349 g/mol. The normalized spacial score (nSPS) is 18.7. The predicted octanol–water partition coefficient (Wildman–Crippen LogP) is 2.77. The smallest absolute Gasteiger partial charge is 0.255 e. The third-order valence-corrected chi connectivity index (χ3v) is 4.81. The Morgan fingerprint density at radius 1 is 1.43 bits per heavy atom. The number of carbonyl (C=O) groups is 1. The Morgan fingerprint density at radius 3 is 3.05 bits per heavy atom. The standard InChI is InChI=1S/C15H17BrN4O/c16-14-11(4-1-5-12(14)17)15(21)20-8-2-3-10(9-20)13-6-7-18-19-13/h1,4-7,10H,2-3,8-9,17H2,(H,18,19). The van der Waals surface area contributed by atoms with Gasteiger partial charge in [0.1, 0.15) is 0 Å². The van der Waals surface area contributed by atoms with Crippen molar-refractivity contribution >= 4 is 27.5 Å². The van der Waals surface area contributed by atoms with Gasteiger partial charge in [-0.1, -0.05) is 6.07 Å². The number of hydrogen-bond donors (Lipinski definition) is 2. The zero-order valence-corrected chi connectivity index (χ0v) is 13.1. The number of aromatic nitrogens is 2. The van der Waals surface area contributed by atoms with E-state index in [4.69, 9.17) is 5.73 Å². The quantitative estimate of drug-likeness (QED) is 0.819. The molecule has 1 atom stereocenters. The monoisotopic (exact) mass is 348 g/mol. The molecule has 1 unspecified atom stereocenters. The summed E-state index contributed by atoms with van der Waals surface area (Å²) in [6.07, 6.45) is 3.82. The number of hydrogen-bond acceptors (Lipinski definition) is 3. The molecule has 1 saturated heterocycles. The second-order valence-electron chi connectivity index (χ2n) is 5.31. The molecule has 110 valence electrons. The molecular weight excluding hydrogens is 332 g/mol. The summed E-state index contributed by atoms with van der Waals surface area (Å²) in [5.41, 5.74) is 8.17. The molecule has 1 aliphatic heterocycles. The second-order valence-corrected chi connectivity index (χ2v) is 6.10. The lowest BCUT2D eigenvalue weighted by Crippen LogP contribution is -2.39. The molecule has 1 aromatic carbocycles. The lowest BCUT2D eigenvalue weighted by molar-refractivity contribution is 0.0705. The maximum Gasteiger partial charge on any atom is 0.255 e. The van der Waals surface area contributed by atoms with E-state index >= 15 is 0 Å². The number of nitrogens with zero attached hydrogens (tertiary/aromatic N) is 2. The Bertz CT molecular complexity index is 641. The van der Waals surface area contributed by atoms with Gasteiger partial charge in [0.15, 0.2) is 0 Å². The lowest BCUT2D eigenvalue weighted by atomic mass is 9.94. The minimum absolute atomic E-state index is 0.0263. The zero-order chi connectivity index (χ0) is 14.8. The minimum atomic E-state index is 0.0263. The van der Waals surface area contributed by atoms with E-state index in [0.29, 0.717) is 28.2 Å². The molecule has 2 heterocycles. The summed E-state index contributed by atoms with van der Waals surface area (Å²) < 4.78 is 0.679. The first-order valence-electron chi connectivity index (χ1n) is 6.99. The van der Waals surface area contributed by atoms with Crippen LogP contribution in [0.1, 0.15) is 34.8 Å². The lowest BCUT2D eigenvalue weighted by Gasteiger charge is -2.32. The first-order valence-corrected chi connectivity index (χ1v) is 7.78. The van der Waals surface area contributed by atoms with Crippen molar-refractivity contribution in [1.82, 2.24) is 15.1 Å². The number of H-pyrrole nitrogens is 1. The fourth-order valence-corrected chi connectivity index (χ4v) is 3.23. The van der Waals surface area contributed by atoms with Crippen LogP contribution in [0.25, 0.3) is 0 Å². The van der Waals surface area contributed by atoms with Crippen molar-refractivity contribution in [3.8, 4) is 0 Å². The van der Waals surface area contributed by atoms with E-state index in [1.807, 2.05) is 23.1 Å². The van der Waals surface area contributed by atoms with Gasteiger partial charge in [0.25, 0.3) is 5.91 Å². The topological polar surface area (TPSA) is 75.0 Å². The molecule has 5 nitrogen and oxygen atoms in total. The highest BCUT2D eigenvalue weighted by molar-refractivity contribution is 9.10. The molecule has 1 aliphatic rings. The van der Waals surface area contributed by atoms with Gasteiger partial charge in [0, 0.05) is 36.6 Å². The van der Waals surface area contributed by atoms with E-state index in [0.717, 1.165) is 25.1 Å². The number of nitrogens with one attached hydrogen (secondary N) is 1. The summed E-state index contributed by atoms with van der Waals surface area (Å²) in [6, 6.07) is 7.38. The van der Waals surface area contributed by atoms with Gasteiger partial charge in [0.2, 0.25) is 0 Å². The van der Waals surface area contributed by atoms with Crippen molar-refractivity contribution in [2.45, 2.75) is 18.8 Å². The van der Waals surface area contributed by atoms with Crippen molar-refractivity contribution in [2.75, 3.05) is 18.8 Å². The Hall–Kier alpha value is -1.82. The first kappa shape index (κ1) is 14.1. The largest absolute Gasteiger partial charge is 0.398 e. The average Bonchev–Trinajstić information content (AvgIpc) is 3.04. The van der Waals surface area contributed by atoms with Gasteiger partial charge in [-0.2, -0.15) is 5.10 Å². The molecule has 21 heavy (non-hydrogen) atoms. The first-order chi connectivity index (χ1) is 10.2. The third kappa shape index (κ3) is 2.81. The van der Waals surface area contributed by atoms with Crippen molar-refractivity contribution in [1.29, 1.82) is 0 Å². The van der Waals surface area contributed by atoms with Crippen LogP contribution in [0.15, 0.2) is 34.9 Å². The van der Waals surface area contributed by atoms with Gasteiger partial charge in [-0.25, -0.2) is 0 Å². The maximum absolute atomic E-state index is 12.7. The van der Waals surface area contributed by atoms with E-state index in [-0.39, 0.29) is 5.91 Å². The molecule has 1 amide bonds. The van der Waals surface area contributed by atoms with Gasteiger partial charge >= 0.3 is 0 Å². The summed E-state index contributed by atoms with van der Waals surface area (Å²) in [6.45, 7) is 1.49. The van der Waals surface area contributed by atoms with Gasteiger partial charge in [-0.15, -0.1) is 0 Å². The number of anilines is 1. The van der Waals surface area contributed by atoms with Crippen LogP contribution in [0, 0.1) is 0 Å². The number of carbonyl (C=O) groups excluding carboxylic acids is 1. The fraction of sp³-hybridized carbons (Fsp3) is 0.333. The molecule has 0 saturated carbocycles. The summed E-state index contributed by atoms with van der Waals surface area (Å²) in [7, 11) is 0. The number of benzene rings is 1. The number of likely N-dealkylation sites (tertiary alicyclic amines) is 1. The van der Waals surface area contributed by atoms with E-state index in [1.54, 1.807) is 12.3 Å². The van der Waals surface area contributed by atoms with Crippen molar-refractivity contribution < 1.29 is 4.79 Å². The summed E-state index contributed by atoms with van der Waals surface area (Å²) in [5.74, 6) is 0.350. The van der Waals surface area contributed by atoms with Crippen molar-refractivity contribution in [2.24, 2.45) is 0 Å². The molecule has 3 N–H and O–H groups in total.